The second-order valence-electron chi connectivity index (χ2n) is 6.22. The van der Waals surface area contributed by atoms with Gasteiger partial charge in [-0.25, -0.2) is 4.98 Å². The summed E-state index contributed by atoms with van der Waals surface area (Å²) in [5, 5.41) is 2.87. The quantitative estimate of drug-likeness (QED) is 0.708. The Kier molecular flexibility index (Phi) is 5.81. The van der Waals surface area contributed by atoms with E-state index in [1.54, 1.807) is 13.3 Å². The SMILES string of the molecule is COc1ccc(C)cc1NC(=O)CSCc1cc(=O)n2cccc(C)c2n1. The lowest BCUT2D eigenvalue weighted by Gasteiger charge is -2.11. The van der Waals surface area contributed by atoms with E-state index in [9.17, 15) is 9.59 Å². The fraction of sp³-hybridized carbons (Fsp3) is 0.250. The van der Waals surface area contributed by atoms with Crippen LogP contribution in [0.4, 0.5) is 5.69 Å². The summed E-state index contributed by atoms with van der Waals surface area (Å²) < 4.78 is 6.80. The highest BCUT2D eigenvalue weighted by molar-refractivity contribution is 7.99. The molecule has 6 nitrogen and oxygen atoms in total. The Morgan fingerprint density at radius 3 is 2.85 bits per heavy atom. The van der Waals surface area contributed by atoms with Crippen LogP contribution in [-0.2, 0) is 10.5 Å². The average Bonchev–Trinajstić information content (AvgIpc) is 2.63. The van der Waals surface area contributed by atoms with Crippen molar-refractivity contribution < 1.29 is 9.53 Å². The Labute approximate surface area is 161 Å². The van der Waals surface area contributed by atoms with Crippen molar-refractivity contribution in [2.24, 2.45) is 0 Å². The minimum absolute atomic E-state index is 0.117. The minimum atomic E-state index is -0.127. The molecule has 0 aliphatic rings. The second kappa shape index (κ2) is 8.26. The predicted octanol–water partition coefficient (Wildman–Crippen LogP) is 3.19. The monoisotopic (exact) mass is 383 g/mol. The van der Waals surface area contributed by atoms with E-state index in [0.717, 1.165) is 11.1 Å². The van der Waals surface area contributed by atoms with E-state index in [1.807, 2.05) is 44.2 Å². The third-order valence-corrected chi connectivity index (χ3v) is 5.02. The zero-order chi connectivity index (χ0) is 19.4. The molecule has 0 bridgehead atoms. The van der Waals surface area contributed by atoms with E-state index < -0.39 is 0 Å². The molecule has 0 radical (unpaired) electrons. The maximum Gasteiger partial charge on any atom is 0.258 e. The number of ether oxygens (including phenoxy) is 1. The van der Waals surface area contributed by atoms with Crippen LogP contribution in [0, 0.1) is 13.8 Å². The first-order chi connectivity index (χ1) is 13.0. The van der Waals surface area contributed by atoms with Crippen molar-refractivity contribution in [2.45, 2.75) is 19.6 Å². The maximum absolute atomic E-state index is 12.2. The highest BCUT2D eigenvalue weighted by atomic mass is 32.2. The van der Waals surface area contributed by atoms with E-state index in [1.165, 1.54) is 22.2 Å². The largest absolute Gasteiger partial charge is 0.495 e. The fourth-order valence-corrected chi connectivity index (χ4v) is 3.45. The van der Waals surface area contributed by atoms with E-state index in [0.29, 0.717) is 28.5 Å². The van der Waals surface area contributed by atoms with Crippen LogP contribution in [0.3, 0.4) is 0 Å². The van der Waals surface area contributed by atoms with Gasteiger partial charge in [-0.15, -0.1) is 11.8 Å². The van der Waals surface area contributed by atoms with Crippen molar-refractivity contribution in [3.8, 4) is 5.75 Å². The van der Waals surface area contributed by atoms with Gasteiger partial charge in [-0.1, -0.05) is 12.1 Å². The molecule has 0 saturated heterocycles. The summed E-state index contributed by atoms with van der Waals surface area (Å²) in [6, 6.07) is 10.9. The van der Waals surface area contributed by atoms with Crippen molar-refractivity contribution in [1.29, 1.82) is 0 Å². The molecular formula is C20H21N3O3S. The van der Waals surface area contributed by atoms with Gasteiger partial charge in [-0.2, -0.15) is 0 Å². The maximum atomic E-state index is 12.2. The molecule has 7 heteroatoms. The van der Waals surface area contributed by atoms with Gasteiger partial charge in [0.2, 0.25) is 5.91 Å². The minimum Gasteiger partial charge on any atom is -0.495 e. The summed E-state index contributed by atoms with van der Waals surface area (Å²) in [5.41, 5.74) is 3.82. The number of carbonyl (C=O) groups is 1. The van der Waals surface area contributed by atoms with Gasteiger partial charge in [0.25, 0.3) is 5.56 Å². The van der Waals surface area contributed by atoms with Gasteiger partial charge in [0, 0.05) is 18.0 Å². The number of benzene rings is 1. The van der Waals surface area contributed by atoms with Gasteiger partial charge >= 0.3 is 0 Å². The van der Waals surface area contributed by atoms with Gasteiger partial charge in [-0.05, 0) is 43.2 Å². The molecule has 2 heterocycles. The number of anilines is 1. The number of pyridine rings is 1. The molecule has 2 aromatic heterocycles. The van der Waals surface area contributed by atoms with E-state index in [-0.39, 0.29) is 17.2 Å². The summed E-state index contributed by atoms with van der Waals surface area (Å²) in [5.74, 6) is 1.24. The van der Waals surface area contributed by atoms with E-state index in [2.05, 4.69) is 10.3 Å². The van der Waals surface area contributed by atoms with Crippen LogP contribution in [0.25, 0.3) is 5.65 Å². The first-order valence-corrected chi connectivity index (χ1v) is 9.63. The van der Waals surface area contributed by atoms with Gasteiger partial charge in [-0.3, -0.25) is 14.0 Å². The van der Waals surface area contributed by atoms with Gasteiger partial charge in [0.15, 0.2) is 0 Å². The Morgan fingerprint density at radius 1 is 1.26 bits per heavy atom. The lowest BCUT2D eigenvalue weighted by atomic mass is 10.2. The molecule has 1 aromatic carbocycles. The molecule has 0 fully saturated rings. The zero-order valence-electron chi connectivity index (χ0n) is 15.5. The lowest BCUT2D eigenvalue weighted by molar-refractivity contribution is -0.113. The molecule has 3 aromatic rings. The normalized spacial score (nSPS) is 10.8. The number of aryl methyl sites for hydroxylation is 2. The number of thioether (sulfide) groups is 1. The highest BCUT2D eigenvalue weighted by Gasteiger charge is 2.09. The fourth-order valence-electron chi connectivity index (χ4n) is 2.74. The molecule has 0 saturated carbocycles. The number of nitrogens with one attached hydrogen (secondary N) is 1. The Bertz CT molecular complexity index is 1050. The highest BCUT2D eigenvalue weighted by Crippen LogP contribution is 2.25. The number of nitrogens with zero attached hydrogens (tertiary/aromatic N) is 2. The Morgan fingerprint density at radius 2 is 2.07 bits per heavy atom. The van der Waals surface area contributed by atoms with Crippen LogP contribution in [0.2, 0.25) is 0 Å². The van der Waals surface area contributed by atoms with Gasteiger partial charge in [0.05, 0.1) is 24.2 Å². The van der Waals surface area contributed by atoms with Crippen molar-refractivity contribution in [2.75, 3.05) is 18.2 Å². The number of amides is 1. The Balaban J connectivity index is 1.64. The molecule has 140 valence electrons. The van der Waals surface area contributed by atoms with Crippen LogP contribution in [0.15, 0.2) is 47.4 Å². The third kappa shape index (κ3) is 4.49. The molecule has 3 rings (SSSR count). The van der Waals surface area contributed by atoms with Crippen molar-refractivity contribution in [3.05, 3.63) is 69.8 Å². The first-order valence-electron chi connectivity index (χ1n) is 8.48. The lowest BCUT2D eigenvalue weighted by Crippen LogP contribution is -2.17. The molecule has 0 spiro atoms. The van der Waals surface area contributed by atoms with Gasteiger partial charge in [0.1, 0.15) is 11.4 Å². The van der Waals surface area contributed by atoms with Crippen LogP contribution in [0.5, 0.6) is 5.75 Å². The predicted molar refractivity (Wildman–Crippen MR) is 109 cm³/mol. The van der Waals surface area contributed by atoms with E-state index >= 15 is 0 Å². The smallest absolute Gasteiger partial charge is 0.258 e. The second-order valence-corrected chi connectivity index (χ2v) is 7.20. The molecule has 27 heavy (non-hydrogen) atoms. The zero-order valence-corrected chi connectivity index (χ0v) is 16.3. The molecule has 1 amide bonds. The summed E-state index contributed by atoms with van der Waals surface area (Å²) >= 11 is 1.41. The van der Waals surface area contributed by atoms with Crippen LogP contribution < -0.4 is 15.6 Å². The van der Waals surface area contributed by atoms with Crippen molar-refractivity contribution >= 4 is 29.0 Å². The molecular weight excluding hydrogens is 362 g/mol. The standard InChI is InChI=1S/C20H21N3O3S/c1-13-6-7-17(26-3)16(9-13)22-18(24)12-27-11-15-10-19(25)23-8-4-5-14(2)20(23)21-15/h4-10H,11-12H2,1-3H3,(H,22,24). The number of carbonyl (C=O) groups excluding carboxylic acids is 1. The number of methoxy groups -OCH3 is 1. The topological polar surface area (TPSA) is 72.7 Å². The molecule has 0 unspecified atom stereocenters. The molecule has 0 aliphatic heterocycles. The molecule has 1 N–H and O–H groups in total. The molecule has 0 aliphatic carbocycles. The summed E-state index contributed by atoms with van der Waals surface area (Å²) in [7, 11) is 1.57. The summed E-state index contributed by atoms with van der Waals surface area (Å²) in [6.45, 7) is 3.87. The third-order valence-electron chi connectivity index (χ3n) is 4.05. The van der Waals surface area contributed by atoms with Crippen molar-refractivity contribution in [1.82, 2.24) is 9.38 Å². The molecule has 0 atom stereocenters. The van der Waals surface area contributed by atoms with Crippen LogP contribution in [0.1, 0.15) is 16.8 Å². The Hall–Kier alpha value is -2.80. The average molecular weight is 383 g/mol. The summed E-state index contributed by atoms with van der Waals surface area (Å²) in [4.78, 5) is 29.0. The number of hydrogen-bond donors (Lipinski definition) is 1. The van der Waals surface area contributed by atoms with Crippen molar-refractivity contribution in [3.63, 3.8) is 0 Å². The first kappa shape index (κ1) is 19.0. The van der Waals surface area contributed by atoms with Crippen LogP contribution in [-0.4, -0.2) is 28.2 Å². The number of aromatic nitrogens is 2. The number of hydrogen-bond acceptors (Lipinski definition) is 5. The van der Waals surface area contributed by atoms with Gasteiger partial charge < -0.3 is 10.1 Å². The number of rotatable bonds is 6. The summed E-state index contributed by atoms with van der Waals surface area (Å²) in [6.07, 6.45) is 1.71. The van der Waals surface area contributed by atoms with Crippen LogP contribution >= 0.6 is 11.8 Å². The number of fused-ring (bicyclic) bond motifs is 1. The van der Waals surface area contributed by atoms with E-state index in [4.69, 9.17) is 4.74 Å².